The number of Topliss-reactive ketones (excluding diaryl/α,β-unsaturated/α-hetero) is 1. The minimum absolute atomic E-state index is 0.00685. The smallest absolute Gasteiger partial charge is 0.310 e. The predicted octanol–water partition coefficient (Wildman–Crippen LogP) is 6.28. The maximum absolute atomic E-state index is 13.6. The molecule has 6 rings (SSSR count). The fraction of sp³-hybridized carbons (Fsp3) is 0.400. The minimum Gasteiger partial charge on any atom is -0.481 e. The highest BCUT2D eigenvalue weighted by Gasteiger charge is 2.39. The largest absolute Gasteiger partial charge is 0.481 e. The second-order valence-corrected chi connectivity index (χ2v) is 15.6. The number of carbonyl (C=O) groups excluding carboxylic acids is 3. The number of rotatable bonds is 12. The maximum Gasteiger partial charge on any atom is 0.310 e. The van der Waals surface area contributed by atoms with E-state index in [1.54, 1.807) is 22.2 Å². The van der Waals surface area contributed by atoms with Gasteiger partial charge in [0.1, 0.15) is 0 Å². The van der Waals surface area contributed by atoms with Gasteiger partial charge in [-0.2, -0.15) is 0 Å². The van der Waals surface area contributed by atoms with E-state index in [1.165, 1.54) is 16.9 Å². The molecule has 2 aliphatic heterocycles. The first kappa shape index (κ1) is 35.9. The summed E-state index contributed by atoms with van der Waals surface area (Å²) in [4.78, 5) is 67.7. The molecule has 0 radical (unpaired) electrons. The van der Waals surface area contributed by atoms with E-state index in [1.807, 2.05) is 36.4 Å². The van der Waals surface area contributed by atoms with Gasteiger partial charge >= 0.3 is 5.97 Å². The van der Waals surface area contributed by atoms with Crippen molar-refractivity contribution in [2.24, 2.45) is 11.8 Å². The number of ketones is 1. The number of hydrogen-bond donors (Lipinski definition) is 1. The van der Waals surface area contributed by atoms with Gasteiger partial charge < -0.3 is 19.8 Å². The zero-order valence-corrected chi connectivity index (χ0v) is 30.5. The number of likely N-dealkylation sites (tertiary alicyclic amines) is 1. The van der Waals surface area contributed by atoms with Gasteiger partial charge in [-0.05, 0) is 53.6 Å². The molecule has 0 bridgehead atoms. The molecule has 2 aromatic carbocycles. The van der Waals surface area contributed by atoms with Crippen LogP contribution in [0.1, 0.15) is 66.2 Å². The Hall–Kier alpha value is -4.90. The van der Waals surface area contributed by atoms with Crippen LogP contribution in [0.25, 0.3) is 11.4 Å². The van der Waals surface area contributed by atoms with E-state index in [0.717, 1.165) is 34.5 Å². The predicted molar refractivity (Wildman–Crippen MR) is 199 cm³/mol. The van der Waals surface area contributed by atoms with Crippen LogP contribution in [0.3, 0.4) is 0 Å². The van der Waals surface area contributed by atoms with Gasteiger partial charge in [-0.3, -0.25) is 19.2 Å². The topological polar surface area (TPSA) is 124 Å². The number of carbonyl (C=O) groups is 4. The first-order valence-electron chi connectivity index (χ1n) is 17.6. The van der Waals surface area contributed by atoms with Crippen molar-refractivity contribution in [3.8, 4) is 11.4 Å². The maximum atomic E-state index is 13.6. The van der Waals surface area contributed by atoms with Crippen LogP contribution in [-0.4, -0.2) is 76.3 Å². The Balaban J connectivity index is 1.10. The van der Waals surface area contributed by atoms with Crippen molar-refractivity contribution in [1.82, 2.24) is 14.9 Å². The summed E-state index contributed by atoms with van der Waals surface area (Å²) >= 11 is 1.46. The van der Waals surface area contributed by atoms with Crippen LogP contribution < -0.4 is 9.80 Å². The number of nitrogens with zero attached hydrogens (tertiary/aromatic N) is 5. The van der Waals surface area contributed by atoms with E-state index in [-0.39, 0.29) is 49.1 Å². The number of carboxylic acids is 1. The molecule has 4 aromatic rings. The zero-order valence-electron chi connectivity index (χ0n) is 29.7. The molecular formula is C40H45N5O5S. The Kier molecular flexibility index (Phi) is 10.7. The van der Waals surface area contributed by atoms with Crippen LogP contribution in [0.4, 0.5) is 11.4 Å². The summed E-state index contributed by atoms with van der Waals surface area (Å²) in [5.74, 6) is -1.88. The summed E-state index contributed by atoms with van der Waals surface area (Å²) in [6.07, 6.45) is 5.88. The molecule has 2 saturated heterocycles. The third kappa shape index (κ3) is 8.36. The summed E-state index contributed by atoms with van der Waals surface area (Å²) in [5, 5.41) is 9.33. The van der Waals surface area contributed by atoms with Crippen LogP contribution in [0.5, 0.6) is 0 Å². The fourth-order valence-electron chi connectivity index (χ4n) is 6.55. The summed E-state index contributed by atoms with van der Waals surface area (Å²) in [5.41, 5.74) is 4.58. The van der Waals surface area contributed by atoms with Crippen molar-refractivity contribution < 1.29 is 24.3 Å². The van der Waals surface area contributed by atoms with Gasteiger partial charge in [0.15, 0.2) is 11.6 Å². The Morgan fingerprint density at radius 2 is 1.57 bits per heavy atom. The van der Waals surface area contributed by atoms with E-state index >= 15 is 0 Å². The second kappa shape index (κ2) is 15.1. The Labute approximate surface area is 303 Å². The van der Waals surface area contributed by atoms with Gasteiger partial charge in [0, 0.05) is 54.6 Å². The molecule has 1 atom stereocenters. The first-order chi connectivity index (χ1) is 24.4. The molecule has 10 nitrogen and oxygen atoms in total. The van der Waals surface area contributed by atoms with E-state index < -0.39 is 17.8 Å². The number of thiophene rings is 1. The highest BCUT2D eigenvalue weighted by molar-refractivity contribution is 7.14. The number of anilines is 2. The lowest BCUT2D eigenvalue weighted by atomic mass is 9.89. The van der Waals surface area contributed by atoms with E-state index in [4.69, 9.17) is 0 Å². The second-order valence-electron chi connectivity index (χ2n) is 14.6. The van der Waals surface area contributed by atoms with Gasteiger partial charge in [0.25, 0.3) is 0 Å². The molecule has 4 heterocycles. The van der Waals surface area contributed by atoms with Crippen molar-refractivity contribution in [3.05, 3.63) is 93.9 Å². The quantitative estimate of drug-likeness (QED) is 0.171. The summed E-state index contributed by atoms with van der Waals surface area (Å²) in [6.45, 7) is 10.3. The lowest BCUT2D eigenvalue weighted by Crippen LogP contribution is -2.55. The molecule has 266 valence electrons. The van der Waals surface area contributed by atoms with Gasteiger partial charge in [-0.1, -0.05) is 70.5 Å². The molecule has 11 heteroatoms. The number of aryl methyl sites for hydroxylation is 1. The normalized spacial score (nSPS) is 15.8. The van der Waals surface area contributed by atoms with Gasteiger partial charge in [0.05, 0.1) is 35.4 Å². The van der Waals surface area contributed by atoms with Crippen molar-refractivity contribution >= 4 is 46.3 Å². The van der Waals surface area contributed by atoms with Gasteiger partial charge in [-0.25, -0.2) is 9.97 Å². The molecule has 1 unspecified atom stereocenters. The van der Waals surface area contributed by atoms with Crippen molar-refractivity contribution in [2.75, 3.05) is 42.5 Å². The Bertz CT molecular complexity index is 1880. The Morgan fingerprint density at radius 1 is 0.902 bits per heavy atom. The number of benzene rings is 2. The van der Waals surface area contributed by atoms with Gasteiger partial charge in [-0.15, -0.1) is 11.3 Å². The van der Waals surface area contributed by atoms with Gasteiger partial charge in [0.2, 0.25) is 11.8 Å². The number of amides is 2. The SMILES string of the molecule is CCCc1ccc(N2CCN(c3cnc(-c4ccc(CC(CC(=O)c5ccc(C(C)(C)C)s5)C(=O)N5CC(C(=O)O)C5)cc4)nc3)C(=O)C2)cc1. The number of aromatic nitrogens is 2. The molecule has 1 N–H and O–H groups in total. The minimum atomic E-state index is -0.913. The summed E-state index contributed by atoms with van der Waals surface area (Å²) in [6, 6.07) is 19.9. The molecule has 2 amide bonds. The van der Waals surface area contributed by atoms with Crippen LogP contribution in [0.2, 0.25) is 0 Å². The molecule has 0 saturated carbocycles. The lowest BCUT2D eigenvalue weighted by Gasteiger charge is -2.38. The van der Waals surface area contributed by atoms with Crippen molar-refractivity contribution in [1.29, 1.82) is 0 Å². The molecule has 2 fully saturated rings. The number of aliphatic carboxylic acids is 1. The van der Waals surface area contributed by atoms with E-state index in [0.29, 0.717) is 35.9 Å². The van der Waals surface area contributed by atoms with Crippen molar-refractivity contribution in [3.63, 3.8) is 0 Å². The van der Waals surface area contributed by atoms with E-state index in [2.05, 4.69) is 66.8 Å². The Morgan fingerprint density at radius 3 is 2.16 bits per heavy atom. The van der Waals surface area contributed by atoms with Crippen LogP contribution in [-0.2, 0) is 32.6 Å². The fourth-order valence-corrected chi connectivity index (χ4v) is 7.56. The highest BCUT2D eigenvalue weighted by Crippen LogP contribution is 2.32. The molecular weight excluding hydrogens is 663 g/mol. The molecule has 0 aliphatic carbocycles. The lowest BCUT2D eigenvalue weighted by molar-refractivity contribution is -0.154. The molecule has 0 spiro atoms. The standard InChI is InChI=1S/C40H45N5O5S/c1-5-6-26-9-13-31(14-10-26)43-17-18-45(36(47)25-43)32-21-41-37(42-22-32)28-11-7-27(8-12-28)19-29(38(48)44-23-30(24-44)39(49)50)20-33(46)34-15-16-35(51-34)40(2,3)4/h7-16,21-22,29-30H,5-6,17-20,23-25H2,1-4H3,(H,49,50). The molecule has 2 aliphatic rings. The summed E-state index contributed by atoms with van der Waals surface area (Å²) < 4.78 is 0. The highest BCUT2D eigenvalue weighted by atomic mass is 32.1. The van der Waals surface area contributed by atoms with Crippen molar-refractivity contribution in [2.45, 2.75) is 58.8 Å². The van der Waals surface area contributed by atoms with Crippen LogP contribution >= 0.6 is 11.3 Å². The first-order valence-corrected chi connectivity index (χ1v) is 18.4. The van der Waals surface area contributed by atoms with Crippen LogP contribution in [0, 0.1) is 11.8 Å². The third-order valence-corrected chi connectivity index (χ3v) is 11.2. The van der Waals surface area contributed by atoms with E-state index in [9.17, 15) is 24.3 Å². The van der Waals surface area contributed by atoms with Crippen LogP contribution in [0.15, 0.2) is 73.1 Å². The average molecular weight is 708 g/mol. The third-order valence-electron chi connectivity index (χ3n) is 9.65. The number of carboxylic acid groups (broad SMARTS) is 1. The average Bonchev–Trinajstić information content (AvgIpc) is 3.60. The number of piperazine rings is 1. The monoisotopic (exact) mass is 707 g/mol. The number of hydrogen-bond acceptors (Lipinski definition) is 8. The zero-order chi connectivity index (χ0) is 36.3. The molecule has 51 heavy (non-hydrogen) atoms. The molecule has 2 aromatic heterocycles. The summed E-state index contributed by atoms with van der Waals surface area (Å²) in [7, 11) is 0.